The third-order valence-corrected chi connectivity index (χ3v) is 5.27. The molecule has 0 saturated carbocycles. The van der Waals surface area contributed by atoms with Crippen molar-refractivity contribution in [1.82, 2.24) is 10.2 Å². The number of imide groups is 1. The lowest BCUT2D eigenvalue weighted by molar-refractivity contribution is -0.133. The number of nitrogens with zero attached hydrogens (tertiary/aromatic N) is 1. The number of anilines is 1. The Labute approximate surface area is 175 Å². The van der Waals surface area contributed by atoms with Gasteiger partial charge in [0.25, 0.3) is 5.91 Å². The maximum absolute atomic E-state index is 12.9. The maximum atomic E-state index is 12.9. The lowest BCUT2D eigenvalue weighted by Gasteiger charge is -2.22. The molecular formula is C19H16Cl2N4O4. The molecule has 0 aliphatic carbocycles. The average Bonchev–Trinajstić information content (AvgIpc) is 2.88. The van der Waals surface area contributed by atoms with Gasteiger partial charge >= 0.3 is 6.03 Å². The third-order valence-electron chi connectivity index (χ3n) is 4.53. The van der Waals surface area contributed by atoms with Crippen molar-refractivity contribution in [3.8, 4) is 0 Å². The number of halogens is 2. The van der Waals surface area contributed by atoms with E-state index in [1.807, 2.05) is 0 Å². The highest BCUT2D eigenvalue weighted by Crippen LogP contribution is 2.32. The molecule has 0 spiro atoms. The van der Waals surface area contributed by atoms with Crippen LogP contribution in [0.25, 0.3) is 0 Å². The molecule has 3 rings (SSSR count). The summed E-state index contributed by atoms with van der Waals surface area (Å²) in [5.41, 5.74) is 4.90. The van der Waals surface area contributed by atoms with Crippen molar-refractivity contribution in [3.05, 3.63) is 63.6 Å². The van der Waals surface area contributed by atoms with Gasteiger partial charge in [-0.25, -0.2) is 4.79 Å². The topological polar surface area (TPSA) is 122 Å². The molecule has 1 aliphatic rings. The Bertz CT molecular complexity index is 1030. The number of carbonyl (C=O) groups is 4. The molecule has 1 atom stereocenters. The monoisotopic (exact) mass is 434 g/mol. The number of hydrogen-bond donors (Lipinski definition) is 3. The molecule has 150 valence electrons. The smallest absolute Gasteiger partial charge is 0.325 e. The average molecular weight is 435 g/mol. The fraction of sp³-hybridized carbons (Fsp3) is 0.158. The van der Waals surface area contributed by atoms with Crippen molar-refractivity contribution >= 4 is 52.6 Å². The van der Waals surface area contributed by atoms with E-state index in [4.69, 9.17) is 28.9 Å². The van der Waals surface area contributed by atoms with Crippen LogP contribution in [0.2, 0.25) is 10.0 Å². The fourth-order valence-corrected chi connectivity index (χ4v) is 3.20. The molecule has 5 amide bonds. The maximum Gasteiger partial charge on any atom is 0.325 e. The first-order chi connectivity index (χ1) is 13.6. The molecule has 0 bridgehead atoms. The van der Waals surface area contributed by atoms with Crippen molar-refractivity contribution in [2.24, 2.45) is 5.73 Å². The van der Waals surface area contributed by atoms with E-state index < -0.39 is 35.8 Å². The number of nitrogens with two attached hydrogens (primary N) is 1. The van der Waals surface area contributed by atoms with E-state index in [9.17, 15) is 19.2 Å². The van der Waals surface area contributed by atoms with E-state index in [-0.39, 0.29) is 10.6 Å². The number of amides is 5. The summed E-state index contributed by atoms with van der Waals surface area (Å²) in [4.78, 5) is 49.4. The van der Waals surface area contributed by atoms with Crippen LogP contribution in [-0.4, -0.2) is 35.2 Å². The quantitative estimate of drug-likeness (QED) is 0.625. The number of benzene rings is 2. The molecule has 4 N–H and O–H groups in total. The number of rotatable bonds is 5. The Hall–Kier alpha value is -3.10. The van der Waals surface area contributed by atoms with Crippen molar-refractivity contribution in [2.75, 3.05) is 11.9 Å². The van der Waals surface area contributed by atoms with Gasteiger partial charge in [-0.1, -0.05) is 29.3 Å². The highest BCUT2D eigenvalue weighted by atomic mass is 35.5. The Kier molecular flexibility index (Phi) is 5.50. The predicted molar refractivity (Wildman–Crippen MR) is 108 cm³/mol. The van der Waals surface area contributed by atoms with Crippen LogP contribution < -0.4 is 16.4 Å². The molecule has 1 fully saturated rings. The SMILES string of the molecule is C[C@@]1(c2ccc(Cl)c(Cl)c2)NC(=O)N(CC(=O)Nc2ccc(C(N)=O)cc2)C1=O. The minimum Gasteiger partial charge on any atom is -0.366 e. The van der Waals surface area contributed by atoms with E-state index in [0.29, 0.717) is 16.3 Å². The molecule has 1 heterocycles. The van der Waals surface area contributed by atoms with Crippen molar-refractivity contribution in [1.29, 1.82) is 0 Å². The summed E-state index contributed by atoms with van der Waals surface area (Å²) in [5, 5.41) is 5.70. The van der Waals surface area contributed by atoms with Gasteiger partial charge in [-0.3, -0.25) is 19.3 Å². The van der Waals surface area contributed by atoms with Crippen molar-refractivity contribution < 1.29 is 19.2 Å². The van der Waals surface area contributed by atoms with Crippen LogP contribution in [0.1, 0.15) is 22.8 Å². The van der Waals surface area contributed by atoms with Crippen molar-refractivity contribution in [3.63, 3.8) is 0 Å². The van der Waals surface area contributed by atoms with E-state index in [2.05, 4.69) is 10.6 Å². The zero-order chi connectivity index (χ0) is 21.3. The van der Waals surface area contributed by atoms with Crippen LogP contribution in [0.15, 0.2) is 42.5 Å². The van der Waals surface area contributed by atoms with Gasteiger partial charge in [-0.05, 0) is 48.9 Å². The summed E-state index contributed by atoms with van der Waals surface area (Å²) in [5.74, 6) is -1.78. The Morgan fingerprint density at radius 2 is 1.76 bits per heavy atom. The predicted octanol–water partition coefficient (Wildman–Crippen LogP) is 2.50. The molecule has 2 aromatic carbocycles. The third kappa shape index (κ3) is 4.03. The summed E-state index contributed by atoms with van der Waals surface area (Å²) in [6, 6.07) is 9.77. The van der Waals surface area contributed by atoms with Crippen LogP contribution in [-0.2, 0) is 15.1 Å². The molecule has 0 aromatic heterocycles. The fourth-order valence-electron chi connectivity index (χ4n) is 2.91. The highest BCUT2D eigenvalue weighted by Gasteiger charge is 2.49. The van der Waals surface area contributed by atoms with Gasteiger partial charge in [-0.2, -0.15) is 0 Å². The van der Waals surface area contributed by atoms with E-state index in [0.717, 1.165) is 4.90 Å². The summed E-state index contributed by atoms with van der Waals surface area (Å²) in [7, 11) is 0. The summed E-state index contributed by atoms with van der Waals surface area (Å²) < 4.78 is 0. The number of hydrogen-bond acceptors (Lipinski definition) is 4. The molecule has 1 aliphatic heterocycles. The van der Waals surface area contributed by atoms with Crippen LogP contribution in [0.5, 0.6) is 0 Å². The minimum absolute atomic E-state index is 0.239. The zero-order valence-corrected chi connectivity index (χ0v) is 16.7. The van der Waals surface area contributed by atoms with Gasteiger partial charge in [0.15, 0.2) is 0 Å². The van der Waals surface area contributed by atoms with Crippen LogP contribution >= 0.6 is 23.2 Å². The summed E-state index contributed by atoms with van der Waals surface area (Å²) in [6.45, 7) is 1.03. The van der Waals surface area contributed by atoms with Crippen LogP contribution in [0.4, 0.5) is 10.5 Å². The van der Waals surface area contributed by atoms with E-state index in [1.54, 1.807) is 6.07 Å². The summed E-state index contributed by atoms with van der Waals surface area (Å²) >= 11 is 11.9. The minimum atomic E-state index is -1.38. The van der Waals surface area contributed by atoms with E-state index >= 15 is 0 Å². The Morgan fingerprint density at radius 3 is 2.34 bits per heavy atom. The molecular weight excluding hydrogens is 419 g/mol. The Morgan fingerprint density at radius 1 is 1.10 bits per heavy atom. The molecule has 10 heteroatoms. The van der Waals surface area contributed by atoms with Crippen LogP contribution in [0.3, 0.4) is 0 Å². The lowest BCUT2D eigenvalue weighted by atomic mass is 9.92. The van der Waals surface area contributed by atoms with Crippen molar-refractivity contribution in [2.45, 2.75) is 12.5 Å². The summed E-state index contributed by atoms with van der Waals surface area (Å²) in [6.07, 6.45) is 0. The molecule has 8 nitrogen and oxygen atoms in total. The van der Waals surface area contributed by atoms with E-state index in [1.165, 1.54) is 43.3 Å². The second-order valence-electron chi connectivity index (χ2n) is 6.57. The largest absolute Gasteiger partial charge is 0.366 e. The number of urea groups is 1. The van der Waals surface area contributed by atoms with Gasteiger partial charge in [-0.15, -0.1) is 0 Å². The normalized spacial score (nSPS) is 18.5. The van der Waals surface area contributed by atoms with Gasteiger partial charge in [0, 0.05) is 11.3 Å². The second-order valence-corrected chi connectivity index (χ2v) is 7.38. The molecule has 0 unspecified atom stereocenters. The van der Waals surface area contributed by atoms with Gasteiger partial charge in [0.2, 0.25) is 11.8 Å². The molecule has 1 saturated heterocycles. The van der Waals surface area contributed by atoms with Gasteiger partial charge in [0.1, 0.15) is 12.1 Å². The zero-order valence-electron chi connectivity index (χ0n) is 15.2. The first kappa shape index (κ1) is 20.6. The first-order valence-corrected chi connectivity index (χ1v) is 9.17. The molecule has 2 aromatic rings. The second kappa shape index (κ2) is 7.73. The van der Waals surface area contributed by atoms with Gasteiger partial charge in [0.05, 0.1) is 10.0 Å². The highest BCUT2D eigenvalue weighted by molar-refractivity contribution is 6.42. The lowest BCUT2D eigenvalue weighted by Crippen LogP contribution is -2.42. The number of carbonyl (C=O) groups excluding carboxylic acids is 4. The first-order valence-electron chi connectivity index (χ1n) is 8.41. The van der Waals surface area contributed by atoms with Gasteiger partial charge < -0.3 is 16.4 Å². The van der Waals surface area contributed by atoms with Crippen LogP contribution in [0, 0.1) is 0 Å². The molecule has 29 heavy (non-hydrogen) atoms. The molecule has 0 radical (unpaired) electrons. The Balaban J connectivity index is 1.73. The number of primary amides is 1. The number of nitrogens with one attached hydrogen (secondary N) is 2. The standard InChI is InChI=1S/C19H16Cl2N4O4/c1-19(11-4-7-13(20)14(21)8-11)17(28)25(18(29)24-19)9-15(26)23-12-5-2-10(3-6-12)16(22)27/h2-8H,9H2,1H3,(H2,22,27)(H,23,26)(H,24,29)/t19-/m0/s1.